The van der Waals surface area contributed by atoms with Crippen molar-refractivity contribution in [2.24, 2.45) is 0 Å². The summed E-state index contributed by atoms with van der Waals surface area (Å²) in [4.78, 5) is 7.05. The van der Waals surface area contributed by atoms with E-state index in [9.17, 15) is 0 Å². The molecule has 0 fully saturated rings. The molecule has 0 aliphatic rings. The molecule has 240 valence electrons. The smallest absolute Gasteiger partial charge is 0.227 e. The van der Waals surface area contributed by atoms with Gasteiger partial charge in [-0.1, -0.05) is 109 Å². The summed E-state index contributed by atoms with van der Waals surface area (Å²) in [6.45, 7) is 0. The lowest BCUT2D eigenvalue weighted by Crippen LogP contribution is -2.09. The van der Waals surface area contributed by atoms with Crippen LogP contribution < -0.4 is 4.90 Å². The summed E-state index contributed by atoms with van der Waals surface area (Å²) in [5.41, 5.74) is 12.2. The summed E-state index contributed by atoms with van der Waals surface area (Å²) in [7, 11) is 0. The fourth-order valence-electron chi connectivity index (χ4n) is 7.26. The molecular weight excluding hydrogens is 625 g/mol. The van der Waals surface area contributed by atoms with E-state index in [1.165, 1.54) is 5.39 Å². The first-order chi connectivity index (χ1) is 25.3. The first-order valence-electron chi connectivity index (χ1n) is 17.1. The van der Waals surface area contributed by atoms with Crippen LogP contribution in [0, 0.1) is 0 Å². The van der Waals surface area contributed by atoms with E-state index < -0.39 is 0 Å². The summed E-state index contributed by atoms with van der Waals surface area (Å²) in [5.74, 6) is 0.598. The maximum Gasteiger partial charge on any atom is 0.227 e. The highest BCUT2D eigenvalue weighted by Crippen LogP contribution is 2.43. The zero-order valence-corrected chi connectivity index (χ0v) is 27.5. The highest BCUT2D eigenvalue weighted by molar-refractivity contribution is 6.21. The SMILES string of the molecule is c1ccc(N(c2ccccc2)c2ccc(-c3ccc(-c4c5ccccc5cc5oc6ccc(-c7nc8ccccc8o7)cc6c45)cc3)cc2)cc1. The van der Waals surface area contributed by atoms with E-state index in [1.54, 1.807) is 0 Å². The van der Waals surface area contributed by atoms with E-state index in [1.807, 2.05) is 36.4 Å². The van der Waals surface area contributed by atoms with Crippen molar-refractivity contribution in [1.82, 2.24) is 4.98 Å². The van der Waals surface area contributed by atoms with Crippen LogP contribution in [-0.4, -0.2) is 4.98 Å². The first kappa shape index (κ1) is 29.0. The molecule has 10 aromatic rings. The zero-order valence-electron chi connectivity index (χ0n) is 27.5. The monoisotopic (exact) mass is 654 g/mol. The summed E-state index contributed by atoms with van der Waals surface area (Å²) < 4.78 is 12.7. The number of hydrogen-bond donors (Lipinski definition) is 0. The zero-order chi connectivity index (χ0) is 33.7. The molecule has 0 aliphatic heterocycles. The second-order valence-corrected chi connectivity index (χ2v) is 12.8. The maximum atomic E-state index is 6.50. The number of nitrogens with zero attached hydrogens (tertiary/aromatic N) is 2. The molecule has 8 aromatic carbocycles. The molecule has 4 heteroatoms. The standard InChI is InChI=1S/C47H30N2O2/c1-3-12-36(13-4-1)49(37-14-5-2-6-15-37)38-26-23-32(24-27-38)31-19-21-33(22-20-31)45-39-16-8-7-11-34(39)30-44-46(45)40-29-35(25-28-42(40)50-44)47-48-41-17-9-10-18-43(41)51-47/h1-30H. The second kappa shape index (κ2) is 11.9. The van der Waals surface area contributed by atoms with E-state index in [0.717, 1.165) is 83.3 Å². The predicted molar refractivity (Wildman–Crippen MR) is 210 cm³/mol. The molecule has 0 atom stereocenters. The molecule has 0 N–H and O–H groups in total. The first-order valence-corrected chi connectivity index (χ1v) is 17.1. The van der Waals surface area contributed by atoms with E-state index in [-0.39, 0.29) is 0 Å². The van der Waals surface area contributed by atoms with Crippen molar-refractivity contribution >= 4 is 60.9 Å². The number of oxazole rings is 1. The minimum absolute atomic E-state index is 0.598. The van der Waals surface area contributed by atoms with Crippen molar-refractivity contribution in [3.05, 3.63) is 182 Å². The summed E-state index contributed by atoms with van der Waals surface area (Å²) in [6, 6.07) is 63.4. The third-order valence-corrected chi connectivity index (χ3v) is 9.68. The molecule has 0 aliphatic carbocycles. The Morgan fingerprint density at radius 3 is 1.71 bits per heavy atom. The van der Waals surface area contributed by atoms with Gasteiger partial charge >= 0.3 is 0 Å². The van der Waals surface area contributed by atoms with Gasteiger partial charge in [0.15, 0.2) is 5.58 Å². The summed E-state index contributed by atoms with van der Waals surface area (Å²) in [6.07, 6.45) is 0. The Kier molecular flexibility index (Phi) is 6.78. The molecular formula is C47H30N2O2. The fourth-order valence-corrected chi connectivity index (χ4v) is 7.26. The number of benzene rings is 8. The van der Waals surface area contributed by atoms with E-state index in [2.05, 4.69) is 150 Å². The predicted octanol–water partition coefficient (Wildman–Crippen LogP) is 13.4. The molecule has 0 spiro atoms. The van der Waals surface area contributed by atoms with Gasteiger partial charge in [0, 0.05) is 39.0 Å². The molecule has 0 amide bonds. The van der Waals surface area contributed by atoms with Crippen LogP contribution in [0.4, 0.5) is 17.1 Å². The summed E-state index contributed by atoms with van der Waals surface area (Å²) in [5, 5.41) is 4.44. The quantitative estimate of drug-likeness (QED) is 0.179. The molecule has 4 nitrogen and oxygen atoms in total. The van der Waals surface area contributed by atoms with Crippen LogP contribution in [0.25, 0.3) is 77.5 Å². The van der Waals surface area contributed by atoms with Gasteiger partial charge in [-0.05, 0) is 100 Å². The molecule has 0 saturated heterocycles. The lowest BCUT2D eigenvalue weighted by atomic mass is 9.92. The van der Waals surface area contributed by atoms with Gasteiger partial charge in [-0.25, -0.2) is 4.98 Å². The van der Waals surface area contributed by atoms with Crippen molar-refractivity contribution < 1.29 is 8.83 Å². The van der Waals surface area contributed by atoms with Crippen LogP contribution in [0.3, 0.4) is 0 Å². The number of aromatic nitrogens is 1. The number of fused-ring (bicyclic) bond motifs is 5. The van der Waals surface area contributed by atoms with Crippen LogP contribution in [0.5, 0.6) is 0 Å². The molecule has 0 saturated carbocycles. The molecule has 0 radical (unpaired) electrons. The molecule has 0 unspecified atom stereocenters. The molecule has 2 heterocycles. The highest BCUT2D eigenvalue weighted by atomic mass is 16.3. The number of para-hydroxylation sites is 4. The Hall–Kier alpha value is -6.91. The van der Waals surface area contributed by atoms with Crippen molar-refractivity contribution in [3.63, 3.8) is 0 Å². The number of anilines is 3. The van der Waals surface area contributed by atoms with Crippen LogP contribution in [0.2, 0.25) is 0 Å². The third kappa shape index (κ3) is 5.04. The van der Waals surface area contributed by atoms with Crippen molar-refractivity contribution in [2.45, 2.75) is 0 Å². The van der Waals surface area contributed by atoms with Gasteiger partial charge in [0.1, 0.15) is 16.7 Å². The topological polar surface area (TPSA) is 42.4 Å². The van der Waals surface area contributed by atoms with Crippen LogP contribution >= 0.6 is 0 Å². The molecule has 10 rings (SSSR count). The Morgan fingerprint density at radius 1 is 0.392 bits per heavy atom. The second-order valence-electron chi connectivity index (χ2n) is 12.8. The van der Waals surface area contributed by atoms with Crippen molar-refractivity contribution in [2.75, 3.05) is 4.90 Å². The number of furan rings is 1. The van der Waals surface area contributed by atoms with Gasteiger partial charge in [0.2, 0.25) is 5.89 Å². The minimum Gasteiger partial charge on any atom is -0.456 e. The van der Waals surface area contributed by atoms with Crippen molar-refractivity contribution in [3.8, 4) is 33.7 Å². The molecule has 0 bridgehead atoms. The molecule has 51 heavy (non-hydrogen) atoms. The largest absolute Gasteiger partial charge is 0.456 e. The van der Waals surface area contributed by atoms with Gasteiger partial charge < -0.3 is 13.7 Å². The average Bonchev–Trinajstić information content (AvgIpc) is 3.80. The Morgan fingerprint density at radius 2 is 0.980 bits per heavy atom. The fraction of sp³-hybridized carbons (Fsp3) is 0. The van der Waals surface area contributed by atoms with Gasteiger partial charge in [-0.2, -0.15) is 0 Å². The van der Waals surface area contributed by atoms with E-state index in [4.69, 9.17) is 13.8 Å². The van der Waals surface area contributed by atoms with Crippen LogP contribution in [0.1, 0.15) is 0 Å². The lowest BCUT2D eigenvalue weighted by Gasteiger charge is -2.25. The highest BCUT2D eigenvalue weighted by Gasteiger charge is 2.19. The lowest BCUT2D eigenvalue weighted by molar-refractivity contribution is 0.620. The van der Waals surface area contributed by atoms with Crippen LogP contribution in [-0.2, 0) is 0 Å². The van der Waals surface area contributed by atoms with Crippen molar-refractivity contribution in [1.29, 1.82) is 0 Å². The van der Waals surface area contributed by atoms with Gasteiger partial charge in [0.25, 0.3) is 0 Å². The Bertz CT molecular complexity index is 2760. The maximum absolute atomic E-state index is 6.50. The Labute approximate surface area is 294 Å². The number of rotatable bonds is 6. The average molecular weight is 655 g/mol. The molecule has 2 aromatic heterocycles. The van der Waals surface area contributed by atoms with E-state index >= 15 is 0 Å². The van der Waals surface area contributed by atoms with E-state index in [0.29, 0.717) is 5.89 Å². The van der Waals surface area contributed by atoms with Gasteiger partial charge in [-0.15, -0.1) is 0 Å². The van der Waals surface area contributed by atoms with Crippen LogP contribution in [0.15, 0.2) is 191 Å². The normalized spacial score (nSPS) is 11.5. The minimum atomic E-state index is 0.598. The summed E-state index contributed by atoms with van der Waals surface area (Å²) >= 11 is 0. The van der Waals surface area contributed by atoms with Gasteiger partial charge in [0.05, 0.1) is 0 Å². The van der Waals surface area contributed by atoms with Gasteiger partial charge in [-0.3, -0.25) is 0 Å². The Balaban J connectivity index is 1.06. The third-order valence-electron chi connectivity index (χ3n) is 9.68. The number of hydrogen-bond acceptors (Lipinski definition) is 4.